The molecule has 3 aliphatic carbocycles. The lowest BCUT2D eigenvalue weighted by molar-refractivity contribution is -0.146. The van der Waals surface area contributed by atoms with Crippen LogP contribution in [0, 0.1) is 17.8 Å². The average Bonchev–Trinajstić information content (AvgIpc) is 4.20. The van der Waals surface area contributed by atoms with Gasteiger partial charge in [-0.3, -0.25) is 23.9 Å². The van der Waals surface area contributed by atoms with Crippen molar-refractivity contribution in [2.75, 3.05) is 26.7 Å². The predicted molar refractivity (Wildman–Crippen MR) is 227 cm³/mol. The first-order valence-electron chi connectivity index (χ1n) is 21.8. The number of likely N-dealkylation sites (tertiary alicyclic amines) is 2. The van der Waals surface area contributed by atoms with E-state index in [1.54, 1.807) is 18.1 Å². The third-order valence-electron chi connectivity index (χ3n) is 13.3. The van der Waals surface area contributed by atoms with Gasteiger partial charge in [0.05, 0.1) is 30.1 Å². The van der Waals surface area contributed by atoms with Crippen LogP contribution >= 0.6 is 0 Å². The minimum atomic E-state index is -3.89. The second kappa shape index (κ2) is 17.6. The van der Waals surface area contributed by atoms with Gasteiger partial charge in [0.2, 0.25) is 27.7 Å². The summed E-state index contributed by atoms with van der Waals surface area (Å²) in [5.41, 5.74) is 0.678. The Kier molecular flexibility index (Phi) is 12.2. The fourth-order valence-electron chi connectivity index (χ4n) is 9.55. The van der Waals surface area contributed by atoms with Crippen LogP contribution < -0.4 is 19.5 Å². The molecule has 2 aromatic carbocycles. The van der Waals surface area contributed by atoms with Crippen LogP contribution in [-0.2, 0) is 29.2 Å². The first kappa shape index (κ1) is 41.7. The number of ether oxygens (including phenoxy) is 2. The molecule has 3 heterocycles. The molecule has 320 valence electrons. The number of hydrogen-bond acceptors (Lipinski definition) is 9. The molecule has 14 heteroatoms. The number of pyridine rings is 1. The predicted octanol–water partition coefficient (Wildman–Crippen LogP) is 5.92. The number of nitrogens with zero attached hydrogens (tertiary/aromatic N) is 3. The molecular formula is C46H57N5O8S. The Bertz CT molecular complexity index is 2220. The highest BCUT2D eigenvalue weighted by Crippen LogP contribution is 2.46. The lowest BCUT2D eigenvalue weighted by Crippen LogP contribution is -2.57. The quantitative estimate of drug-likeness (QED) is 0.177. The highest BCUT2D eigenvalue weighted by Gasteiger charge is 2.62. The number of hydrogen-bond donors (Lipinski definition) is 2. The number of sulfonamides is 1. The number of methoxy groups -OCH3 is 1. The average molecular weight is 840 g/mol. The van der Waals surface area contributed by atoms with E-state index in [4.69, 9.17) is 14.5 Å². The molecule has 0 radical (unpaired) electrons. The van der Waals surface area contributed by atoms with Crippen molar-refractivity contribution in [2.24, 2.45) is 17.8 Å². The molecule has 0 bridgehead atoms. The van der Waals surface area contributed by atoms with Crippen LogP contribution in [0.1, 0.15) is 89.9 Å². The molecule has 1 aromatic heterocycles. The zero-order valence-corrected chi connectivity index (χ0v) is 35.3. The van der Waals surface area contributed by atoms with Crippen molar-refractivity contribution in [2.45, 2.75) is 113 Å². The van der Waals surface area contributed by atoms with Gasteiger partial charge in [-0.15, -0.1) is 6.58 Å². The molecule has 13 nitrogen and oxygen atoms in total. The largest absolute Gasteiger partial charge is 0.497 e. The molecular weight excluding hydrogens is 783 g/mol. The van der Waals surface area contributed by atoms with Gasteiger partial charge in [0.1, 0.15) is 29.2 Å². The van der Waals surface area contributed by atoms with Crippen LogP contribution in [0.4, 0.5) is 0 Å². The molecule has 3 saturated carbocycles. The molecule has 4 amide bonds. The SMILES string of the molecule is C=CC1CC1(NC(=O)C1C[C@@H](Oc2cc(-c3ccccc3)nc3cc(OC)ccc23)CN1C(=O)[C@@H](CC(=O)N1CCCCC1)CC1CCCCC1)C(=O)NS(=O)(=O)C1CC1. The van der Waals surface area contributed by atoms with E-state index < -0.39 is 56.6 Å². The number of nitrogens with one attached hydrogen (secondary N) is 2. The van der Waals surface area contributed by atoms with E-state index in [9.17, 15) is 22.8 Å². The van der Waals surface area contributed by atoms with Crippen LogP contribution in [0.5, 0.6) is 11.5 Å². The highest BCUT2D eigenvalue weighted by molar-refractivity contribution is 7.91. The first-order chi connectivity index (χ1) is 29.0. The van der Waals surface area contributed by atoms with Crippen molar-refractivity contribution in [1.29, 1.82) is 0 Å². The summed E-state index contributed by atoms with van der Waals surface area (Å²) in [6, 6.07) is 16.1. The second-order valence-electron chi connectivity index (χ2n) is 17.5. The summed E-state index contributed by atoms with van der Waals surface area (Å²) < 4.78 is 40.3. The third-order valence-corrected chi connectivity index (χ3v) is 15.1. The van der Waals surface area contributed by atoms with Crippen molar-refractivity contribution in [3.8, 4) is 22.8 Å². The van der Waals surface area contributed by atoms with Gasteiger partial charge in [0.15, 0.2) is 0 Å². The molecule has 5 fully saturated rings. The summed E-state index contributed by atoms with van der Waals surface area (Å²) in [5.74, 6) is -1.39. The first-order valence-corrected chi connectivity index (χ1v) is 23.3. The van der Waals surface area contributed by atoms with Gasteiger partial charge in [0.25, 0.3) is 5.91 Å². The molecule has 5 aliphatic rings. The maximum absolute atomic E-state index is 15.1. The van der Waals surface area contributed by atoms with E-state index in [-0.39, 0.29) is 37.6 Å². The standard InChI is InChI=1S/C46H57N5O8S/c1-3-33-28-46(33,45(55)49-60(56,57)36-18-19-36)48-43(53)40-26-35(59-41-27-38(31-15-9-5-10-16-31)47-39-25-34(58-2)17-20-37(39)41)29-51(40)44(54)32(23-30-13-7-4-8-14-30)24-42(52)50-21-11-6-12-22-50/h3,5,9-10,15-17,20,25,27,30,32-33,35-36,40H,1,4,6-8,11-14,18-19,21-24,26,28-29H2,2H3,(H,48,53)(H,49,55)/t32-,33?,35-,40?,46?/m1/s1. The molecule has 3 aromatic rings. The minimum absolute atomic E-state index is 0.0386. The summed E-state index contributed by atoms with van der Waals surface area (Å²) in [6.07, 6.45) is 11.0. The number of aromatic nitrogens is 1. The zero-order valence-electron chi connectivity index (χ0n) is 34.5. The Morgan fingerprint density at radius 2 is 1.70 bits per heavy atom. The van der Waals surface area contributed by atoms with Gasteiger partial charge in [-0.1, -0.05) is 68.5 Å². The Labute approximate surface area is 352 Å². The monoisotopic (exact) mass is 839 g/mol. The molecule has 8 rings (SSSR count). The summed E-state index contributed by atoms with van der Waals surface area (Å²) in [6.45, 7) is 5.27. The van der Waals surface area contributed by atoms with Crippen molar-refractivity contribution in [1.82, 2.24) is 24.8 Å². The van der Waals surface area contributed by atoms with Crippen LogP contribution in [0.25, 0.3) is 22.2 Å². The maximum Gasteiger partial charge on any atom is 0.259 e. The lowest BCUT2D eigenvalue weighted by atomic mass is 9.81. The molecule has 60 heavy (non-hydrogen) atoms. The molecule has 5 atom stereocenters. The summed E-state index contributed by atoms with van der Waals surface area (Å²) in [7, 11) is -2.30. The number of amides is 4. The number of fused-ring (bicyclic) bond motifs is 1. The van der Waals surface area contributed by atoms with Gasteiger partial charge >= 0.3 is 0 Å². The van der Waals surface area contributed by atoms with E-state index in [0.717, 1.165) is 62.3 Å². The van der Waals surface area contributed by atoms with Crippen LogP contribution in [-0.4, -0.2) is 96.5 Å². The van der Waals surface area contributed by atoms with Crippen molar-refractivity contribution < 1.29 is 37.1 Å². The fraction of sp³-hybridized carbons (Fsp3) is 0.543. The van der Waals surface area contributed by atoms with E-state index in [2.05, 4.69) is 16.6 Å². The van der Waals surface area contributed by atoms with E-state index in [1.165, 1.54) is 0 Å². The smallest absolute Gasteiger partial charge is 0.259 e. The van der Waals surface area contributed by atoms with Crippen LogP contribution in [0.3, 0.4) is 0 Å². The van der Waals surface area contributed by atoms with E-state index in [0.29, 0.717) is 61.0 Å². The highest BCUT2D eigenvalue weighted by atomic mass is 32.2. The molecule has 0 spiro atoms. The topological polar surface area (TPSA) is 164 Å². The Morgan fingerprint density at radius 1 is 0.967 bits per heavy atom. The van der Waals surface area contributed by atoms with Crippen molar-refractivity contribution >= 4 is 44.6 Å². The van der Waals surface area contributed by atoms with Crippen LogP contribution in [0.2, 0.25) is 0 Å². The van der Waals surface area contributed by atoms with Gasteiger partial charge in [-0.25, -0.2) is 13.4 Å². The number of carbonyl (C=O) groups excluding carboxylic acids is 4. The number of rotatable bonds is 15. The van der Waals surface area contributed by atoms with Crippen LogP contribution in [0.15, 0.2) is 67.3 Å². The molecule has 2 N–H and O–H groups in total. The summed E-state index contributed by atoms with van der Waals surface area (Å²) in [5, 5.41) is 3.01. The summed E-state index contributed by atoms with van der Waals surface area (Å²) >= 11 is 0. The minimum Gasteiger partial charge on any atom is -0.497 e. The van der Waals surface area contributed by atoms with Crippen molar-refractivity contribution in [3.05, 3.63) is 67.3 Å². The van der Waals surface area contributed by atoms with E-state index >= 15 is 4.79 Å². The zero-order chi connectivity index (χ0) is 42.0. The van der Waals surface area contributed by atoms with Gasteiger partial charge < -0.3 is 24.6 Å². The number of carbonyl (C=O) groups is 4. The number of piperidine rings is 1. The van der Waals surface area contributed by atoms with E-state index in [1.807, 2.05) is 59.5 Å². The summed E-state index contributed by atoms with van der Waals surface area (Å²) in [4.78, 5) is 65.7. The fourth-order valence-corrected chi connectivity index (χ4v) is 10.9. The molecule has 3 unspecified atom stereocenters. The van der Waals surface area contributed by atoms with Gasteiger partial charge in [0, 0.05) is 60.8 Å². The maximum atomic E-state index is 15.1. The lowest BCUT2D eigenvalue weighted by Gasteiger charge is -2.33. The Balaban J connectivity index is 1.11. The Morgan fingerprint density at radius 3 is 2.38 bits per heavy atom. The number of benzene rings is 2. The van der Waals surface area contributed by atoms with Gasteiger partial charge in [-0.2, -0.15) is 0 Å². The normalized spacial score (nSPS) is 25.0. The van der Waals surface area contributed by atoms with Gasteiger partial charge in [-0.05, 0) is 63.0 Å². The third kappa shape index (κ3) is 9.03. The molecule has 2 saturated heterocycles. The second-order valence-corrected chi connectivity index (χ2v) is 19.5. The Hall–Kier alpha value is -4.98. The molecule has 2 aliphatic heterocycles. The van der Waals surface area contributed by atoms with Crippen molar-refractivity contribution in [3.63, 3.8) is 0 Å².